The van der Waals surface area contributed by atoms with Crippen LogP contribution in [0.2, 0.25) is 0 Å². The first-order chi connectivity index (χ1) is 13.3. The molecule has 0 unspecified atom stereocenters. The van der Waals surface area contributed by atoms with E-state index in [2.05, 4.69) is 88.9 Å². The van der Waals surface area contributed by atoms with Gasteiger partial charge in [-0.3, -0.25) is 0 Å². The first-order valence-corrected chi connectivity index (χ1v) is 12.4. The van der Waals surface area contributed by atoms with Crippen LogP contribution < -0.4 is 11.5 Å². The van der Waals surface area contributed by atoms with E-state index >= 15 is 0 Å². The smallest absolute Gasteiger partial charge is 0.415 e. The van der Waals surface area contributed by atoms with Crippen molar-refractivity contribution in [2.75, 3.05) is 0 Å². The molecule has 0 aliphatic heterocycles. The minimum Gasteiger partial charge on any atom is -0.415 e. The molecule has 29 heavy (non-hydrogen) atoms. The number of hydrogen-bond acceptors (Lipinski definition) is 4. The quantitative estimate of drug-likeness (QED) is 0.0753. The van der Waals surface area contributed by atoms with Crippen molar-refractivity contribution in [2.24, 2.45) is 11.5 Å². The van der Waals surface area contributed by atoms with Gasteiger partial charge in [0, 0.05) is 0 Å². The van der Waals surface area contributed by atoms with E-state index in [-0.39, 0.29) is 29.7 Å². The summed E-state index contributed by atoms with van der Waals surface area (Å²) in [5.41, 5.74) is 9.31. The van der Waals surface area contributed by atoms with E-state index in [9.17, 15) is 0 Å². The molecule has 0 fully saturated rings. The molecular formula is C22H46MoN2S4. The fraction of sp³-hybridized carbons (Fsp3) is 0.818. The topological polar surface area (TPSA) is 52.0 Å². The molecule has 0 aromatic rings. The molecule has 0 saturated carbocycles. The average molecular weight is 563 g/mol. The largest absolute Gasteiger partial charge is 4.00 e. The Labute approximate surface area is 220 Å². The van der Waals surface area contributed by atoms with E-state index in [1.807, 2.05) is 0 Å². The maximum absolute atomic E-state index is 4.66. The summed E-state index contributed by atoms with van der Waals surface area (Å²) in [7, 11) is 0. The summed E-state index contributed by atoms with van der Waals surface area (Å²) in [6.07, 6.45) is 21.8. The molecule has 0 radical (unpaired) electrons. The average Bonchev–Trinajstić information content (AvgIpc) is 2.61. The van der Waals surface area contributed by atoms with Crippen molar-refractivity contribution in [1.29, 1.82) is 0 Å². The van der Waals surface area contributed by atoms with Crippen molar-refractivity contribution in [2.45, 2.75) is 117 Å². The molecule has 0 aliphatic rings. The van der Waals surface area contributed by atoms with Gasteiger partial charge >= 0.3 is 21.1 Å². The van der Waals surface area contributed by atoms with Crippen LogP contribution in [0.3, 0.4) is 0 Å². The van der Waals surface area contributed by atoms with Crippen LogP contribution in [0.15, 0.2) is 0 Å². The van der Waals surface area contributed by atoms with Crippen molar-refractivity contribution in [3.8, 4) is 0 Å². The monoisotopic (exact) mass is 564 g/mol. The van der Waals surface area contributed by atoms with E-state index < -0.39 is 0 Å². The Morgan fingerprint density at radius 2 is 0.759 bits per heavy atom. The minimum absolute atomic E-state index is 0. The zero-order chi connectivity index (χ0) is 22.5. The molecule has 0 atom stereocenters. The minimum atomic E-state index is 0. The molecule has 0 aromatic heterocycles. The van der Waals surface area contributed by atoms with E-state index in [1.165, 1.54) is 89.9 Å². The number of rotatable bonds is 14. The molecule has 0 heterocycles. The number of hydrogen-bond donors (Lipinski definition) is 2. The maximum Gasteiger partial charge on any atom is 4.00 e. The van der Waals surface area contributed by atoms with Crippen LogP contribution in [-0.4, -0.2) is 8.64 Å². The van der Waals surface area contributed by atoms with Crippen LogP contribution >= 0.6 is 24.4 Å². The van der Waals surface area contributed by atoms with E-state index in [4.69, 9.17) is 0 Å². The summed E-state index contributed by atoms with van der Waals surface area (Å²) < 4.78 is 0.167. The third kappa shape index (κ3) is 94.2. The van der Waals surface area contributed by atoms with Crippen LogP contribution in [0, 0.1) is 13.8 Å². The number of unbranched alkanes of at least 4 members (excludes halogenated alkanes) is 14. The summed E-state index contributed by atoms with van der Waals surface area (Å²) in [6, 6.07) is 0. The SMILES string of the molecule is NC(=S)[S-].NC(=S)[S-].[CH2-]CCCCCCCCC.[CH2-]CCCCCCCCC.[Mo+4]. The van der Waals surface area contributed by atoms with Gasteiger partial charge in [0.25, 0.3) is 0 Å². The molecule has 4 N–H and O–H groups in total. The number of thiocarbonyl (C=S) groups is 2. The molecule has 0 spiro atoms. The normalized spacial score (nSPS) is 8.69. The Hall–Kier alpha value is 0.908. The van der Waals surface area contributed by atoms with Crippen molar-refractivity contribution in [1.82, 2.24) is 0 Å². The zero-order valence-corrected chi connectivity index (χ0v) is 24.2. The first-order valence-electron chi connectivity index (χ1n) is 10.8. The van der Waals surface area contributed by atoms with Gasteiger partial charge in [0.15, 0.2) is 0 Å². The van der Waals surface area contributed by atoms with Crippen LogP contribution in [0.1, 0.15) is 117 Å². The summed E-state index contributed by atoms with van der Waals surface area (Å²) in [4.78, 5) is 0. The molecule has 0 amide bonds. The summed E-state index contributed by atoms with van der Waals surface area (Å²) in [5, 5.41) is 0. The molecule has 0 rings (SSSR count). The summed E-state index contributed by atoms with van der Waals surface area (Å²) in [5.74, 6) is 0. The summed E-state index contributed by atoms with van der Waals surface area (Å²) in [6.45, 7) is 12.2. The third-order valence-corrected chi connectivity index (χ3v) is 3.71. The van der Waals surface area contributed by atoms with Crippen molar-refractivity contribution in [3.05, 3.63) is 13.8 Å². The maximum atomic E-state index is 4.66. The molecule has 174 valence electrons. The van der Waals surface area contributed by atoms with Crippen LogP contribution in [0.4, 0.5) is 0 Å². The molecule has 0 bridgehead atoms. The van der Waals surface area contributed by atoms with E-state index in [0.717, 1.165) is 12.8 Å². The summed E-state index contributed by atoms with van der Waals surface area (Å²) >= 11 is 16.5. The molecule has 7 heteroatoms. The van der Waals surface area contributed by atoms with Gasteiger partial charge < -0.3 is 75.0 Å². The Morgan fingerprint density at radius 3 is 0.931 bits per heavy atom. The van der Waals surface area contributed by atoms with Crippen LogP contribution in [-0.2, 0) is 46.3 Å². The van der Waals surface area contributed by atoms with Gasteiger partial charge in [-0.25, -0.2) is 0 Å². The van der Waals surface area contributed by atoms with Gasteiger partial charge in [0.2, 0.25) is 0 Å². The zero-order valence-electron chi connectivity index (χ0n) is 18.9. The Kier molecular flexibility index (Phi) is 59.6. The van der Waals surface area contributed by atoms with Crippen molar-refractivity contribution >= 4 is 58.3 Å². The predicted octanol–water partition coefficient (Wildman–Crippen LogP) is 7.47. The molecular weight excluding hydrogens is 516 g/mol. The van der Waals surface area contributed by atoms with E-state index in [0.29, 0.717) is 0 Å². The van der Waals surface area contributed by atoms with Crippen molar-refractivity contribution < 1.29 is 21.1 Å². The molecule has 0 aromatic carbocycles. The standard InChI is InChI=1S/2C10H21.2CH3NS2.Mo/c2*1-3-5-7-9-10-8-6-4-2;2*2-1(3)4;/h2*1,3-10H2,2H3;2*(H3,2,3,4);/q2*-1;;;+4/p-2. The van der Waals surface area contributed by atoms with Crippen LogP contribution in [0.25, 0.3) is 0 Å². The van der Waals surface area contributed by atoms with E-state index in [1.54, 1.807) is 0 Å². The van der Waals surface area contributed by atoms with Gasteiger partial charge in [0.1, 0.15) is 0 Å². The van der Waals surface area contributed by atoms with Gasteiger partial charge in [-0.15, -0.1) is 0 Å². The Bertz CT molecular complexity index is 242. The van der Waals surface area contributed by atoms with Crippen molar-refractivity contribution in [3.63, 3.8) is 0 Å². The van der Waals surface area contributed by atoms with Gasteiger partial charge in [-0.2, -0.15) is 12.8 Å². The second-order valence-electron chi connectivity index (χ2n) is 6.59. The molecule has 0 saturated heterocycles. The Morgan fingerprint density at radius 1 is 0.586 bits per heavy atom. The molecule has 2 nitrogen and oxygen atoms in total. The Balaban J connectivity index is -0.0000000950. The van der Waals surface area contributed by atoms with Crippen LogP contribution in [0.5, 0.6) is 0 Å². The first kappa shape index (κ1) is 40.3. The fourth-order valence-electron chi connectivity index (χ4n) is 2.27. The fourth-order valence-corrected chi connectivity index (χ4v) is 2.27. The second kappa shape index (κ2) is 42.9. The third-order valence-electron chi connectivity index (χ3n) is 3.71. The number of nitrogens with two attached hydrogens (primary N) is 2. The van der Waals surface area contributed by atoms with Gasteiger partial charge in [-0.05, 0) is 0 Å². The van der Waals surface area contributed by atoms with Gasteiger partial charge in [-0.1, -0.05) is 112 Å². The van der Waals surface area contributed by atoms with Gasteiger partial charge in [0.05, 0.1) is 0 Å². The molecule has 0 aliphatic carbocycles. The second-order valence-corrected chi connectivity index (χ2v) is 8.86. The predicted molar refractivity (Wildman–Crippen MR) is 144 cm³/mol.